The van der Waals surface area contributed by atoms with E-state index in [4.69, 9.17) is 4.74 Å². The summed E-state index contributed by atoms with van der Waals surface area (Å²) < 4.78 is 5.93. The number of aldehydes is 1. The standard InChI is InChI=1S/C13H16O2/c1-9-6-10(8-14)7-11-4-5-13(2,3)15-12(9)11/h6-8H,4-5H2,1-3H3. The van der Waals surface area contributed by atoms with Gasteiger partial charge in [-0.15, -0.1) is 0 Å². The van der Waals surface area contributed by atoms with E-state index in [0.717, 1.165) is 41.6 Å². The summed E-state index contributed by atoms with van der Waals surface area (Å²) in [5, 5.41) is 0. The van der Waals surface area contributed by atoms with Crippen LogP contribution in [0.2, 0.25) is 0 Å². The van der Waals surface area contributed by atoms with E-state index >= 15 is 0 Å². The third kappa shape index (κ3) is 1.89. The van der Waals surface area contributed by atoms with Crippen molar-refractivity contribution in [2.75, 3.05) is 0 Å². The van der Waals surface area contributed by atoms with Crippen molar-refractivity contribution in [1.29, 1.82) is 0 Å². The molecule has 2 heteroatoms. The molecule has 1 heterocycles. The van der Waals surface area contributed by atoms with Gasteiger partial charge in [-0.25, -0.2) is 0 Å². The molecule has 0 amide bonds. The summed E-state index contributed by atoms with van der Waals surface area (Å²) in [6.45, 7) is 6.19. The molecule has 0 aromatic heterocycles. The summed E-state index contributed by atoms with van der Waals surface area (Å²) in [5.74, 6) is 0.969. The molecule has 80 valence electrons. The van der Waals surface area contributed by atoms with Gasteiger partial charge in [-0.1, -0.05) is 0 Å². The number of benzene rings is 1. The Balaban J connectivity index is 2.48. The van der Waals surface area contributed by atoms with Gasteiger partial charge in [0, 0.05) is 5.56 Å². The van der Waals surface area contributed by atoms with Crippen LogP contribution in [0, 0.1) is 6.92 Å². The molecule has 0 saturated carbocycles. The highest BCUT2D eigenvalue weighted by Gasteiger charge is 2.27. The Hall–Kier alpha value is -1.31. The van der Waals surface area contributed by atoms with Crippen LogP contribution in [0.15, 0.2) is 12.1 Å². The fraction of sp³-hybridized carbons (Fsp3) is 0.462. The Morgan fingerprint density at radius 3 is 2.80 bits per heavy atom. The van der Waals surface area contributed by atoms with Gasteiger partial charge in [0.1, 0.15) is 17.6 Å². The van der Waals surface area contributed by atoms with Crippen LogP contribution in [0.25, 0.3) is 0 Å². The Morgan fingerprint density at radius 1 is 1.40 bits per heavy atom. The molecule has 0 unspecified atom stereocenters. The van der Waals surface area contributed by atoms with Gasteiger partial charge in [-0.3, -0.25) is 4.79 Å². The molecule has 1 aromatic carbocycles. The van der Waals surface area contributed by atoms with E-state index in [1.807, 2.05) is 19.1 Å². The number of aryl methyl sites for hydroxylation is 2. The van der Waals surface area contributed by atoms with Crippen molar-refractivity contribution >= 4 is 6.29 Å². The van der Waals surface area contributed by atoms with Crippen molar-refractivity contribution < 1.29 is 9.53 Å². The number of hydrogen-bond donors (Lipinski definition) is 0. The fourth-order valence-electron chi connectivity index (χ4n) is 2.04. The third-order valence-electron chi connectivity index (χ3n) is 2.88. The van der Waals surface area contributed by atoms with Crippen molar-refractivity contribution in [3.63, 3.8) is 0 Å². The molecule has 1 aliphatic rings. The lowest BCUT2D eigenvalue weighted by Crippen LogP contribution is -2.33. The first-order chi connectivity index (χ1) is 7.02. The van der Waals surface area contributed by atoms with Gasteiger partial charge < -0.3 is 4.74 Å². The molecule has 0 spiro atoms. The van der Waals surface area contributed by atoms with Crippen LogP contribution in [0.5, 0.6) is 5.75 Å². The first kappa shape index (κ1) is 10.2. The molecule has 0 aliphatic carbocycles. The van der Waals surface area contributed by atoms with E-state index < -0.39 is 0 Å². The van der Waals surface area contributed by atoms with E-state index in [2.05, 4.69) is 13.8 Å². The first-order valence-electron chi connectivity index (χ1n) is 5.29. The van der Waals surface area contributed by atoms with Crippen LogP contribution < -0.4 is 4.74 Å². The summed E-state index contributed by atoms with van der Waals surface area (Å²) >= 11 is 0. The largest absolute Gasteiger partial charge is 0.487 e. The summed E-state index contributed by atoms with van der Waals surface area (Å²) in [7, 11) is 0. The Morgan fingerprint density at radius 2 is 2.13 bits per heavy atom. The highest BCUT2D eigenvalue weighted by molar-refractivity contribution is 5.76. The van der Waals surface area contributed by atoms with E-state index in [1.54, 1.807) is 0 Å². The van der Waals surface area contributed by atoms with Gasteiger partial charge in [0.05, 0.1) is 0 Å². The van der Waals surface area contributed by atoms with Crippen molar-refractivity contribution in [2.24, 2.45) is 0 Å². The van der Waals surface area contributed by atoms with E-state index in [0.29, 0.717) is 0 Å². The summed E-state index contributed by atoms with van der Waals surface area (Å²) in [4.78, 5) is 10.7. The average Bonchev–Trinajstić information content (AvgIpc) is 2.18. The molecule has 15 heavy (non-hydrogen) atoms. The molecule has 0 atom stereocenters. The maximum absolute atomic E-state index is 10.7. The van der Waals surface area contributed by atoms with Crippen LogP contribution in [0.3, 0.4) is 0 Å². The summed E-state index contributed by atoms with van der Waals surface area (Å²) in [6, 6.07) is 3.82. The molecular formula is C13H16O2. The SMILES string of the molecule is Cc1cc(C=O)cc2c1OC(C)(C)CC2. The fourth-order valence-corrected chi connectivity index (χ4v) is 2.04. The molecule has 0 N–H and O–H groups in total. The zero-order valence-corrected chi connectivity index (χ0v) is 9.46. The zero-order chi connectivity index (χ0) is 11.1. The van der Waals surface area contributed by atoms with Crippen LogP contribution in [-0.2, 0) is 6.42 Å². The zero-order valence-electron chi connectivity index (χ0n) is 9.46. The van der Waals surface area contributed by atoms with Crippen LogP contribution in [-0.4, -0.2) is 11.9 Å². The predicted molar refractivity (Wildman–Crippen MR) is 59.6 cm³/mol. The number of carbonyl (C=O) groups excluding carboxylic acids is 1. The lowest BCUT2D eigenvalue weighted by Gasteiger charge is -2.33. The molecule has 0 bridgehead atoms. The van der Waals surface area contributed by atoms with Crippen LogP contribution >= 0.6 is 0 Å². The van der Waals surface area contributed by atoms with Gasteiger partial charge >= 0.3 is 0 Å². The maximum atomic E-state index is 10.7. The van der Waals surface area contributed by atoms with Gasteiger partial charge in [0.15, 0.2) is 0 Å². The normalized spacial score (nSPS) is 17.8. The number of fused-ring (bicyclic) bond motifs is 1. The van der Waals surface area contributed by atoms with Crippen molar-refractivity contribution in [1.82, 2.24) is 0 Å². The topological polar surface area (TPSA) is 26.3 Å². The van der Waals surface area contributed by atoms with Gasteiger partial charge in [0.25, 0.3) is 0 Å². The highest BCUT2D eigenvalue weighted by Crippen LogP contribution is 2.35. The number of carbonyl (C=O) groups is 1. The lowest BCUT2D eigenvalue weighted by molar-refractivity contribution is 0.0836. The molecule has 1 aliphatic heterocycles. The lowest BCUT2D eigenvalue weighted by atomic mass is 9.92. The third-order valence-corrected chi connectivity index (χ3v) is 2.88. The summed E-state index contributed by atoms with van der Waals surface area (Å²) in [5.41, 5.74) is 2.88. The second-order valence-electron chi connectivity index (χ2n) is 4.81. The number of ether oxygens (including phenoxy) is 1. The van der Waals surface area contributed by atoms with E-state index in [1.165, 1.54) is 0 Å². The molecule has 0 fully saturated rings. The number of rotatable bonds is 1. The molecule has 2 rings (SSSR count). The van der Waals surface area contributed by atoms with E-state index in [-0.39, 0.29) is 5.60 Å². The smallest absolute Gasteiger partial charge is 0.150 e. The molecule has 2 nitrogen and oxygen atoms in total. The minimum Gasteiger partial charge on any atom is -0.487 e. The second kappa shape index (κ2) is 3.37. The molecule has 0 radical (unpaired) electrons. The van der Waals surface area contributed by atoms with Crippen LogP contribution in [0.4, 0.5) is 0 Å². The van der Waals surface area contributed by atoms with Gasteiger partial charge in [-0.05, 0) is 56.9 Å². The quantitative estimate of drug-likeness (QED) is 0.657. The van der Waals surface area contributed by atoms with Gasteiger partial charge in [-0.2, -0.15) is 0 Å². The number of hydrogen-bond acceptors (Lipinski definition) is 2. The monoisotopic (exact) mass is 204 g/mol. The first-order valence-corrected chi connectivity index (χ1v) is 5.29. The predicted octanol–water partition coefficient (Wildman–Crippen LogP) is 2.91. The minimum atomic E-state index is -0.0829. The molecular weight excluding hydrogens is 188 g/mol. The van der Waals surface area contributed by atoms with Crippen molar-refractivity contribution in [3.8, 4) is 5.75 Å². The molecule has 0 saturated heterocycles. The van der Waals surface area contributed by atoms with Crippen molar-refractivity contribution in [3.05, 3.63) is 28.8 Å². The summed E-state index contributed by atoms with van der Waals surface area (Å²) in [6.07, 6.45) is 2.89. The van der Waals surface area contributed by atoms with Crippen molar-refractivity contribution in [2.45, 2.75) is 39.2 Å². The maximum Gasteiger partial charge on any atom is 0.150 e. The Kier molecular flexibility index (Phi) is 2.29. The average molecular weight is 204 g/mol. The second-order valence-corrected chi connectivity index (χ2v) is 4.81. The van der Waals surface area contributed by atoms with E-state index in [9.17, 15) is 4.79 Å². The highest BCUT2D eigenvalue weighted by atomic mass is 16.5. The van der Waals surface area contributed by atoms with Gasteiger partial charge in [0.2, 0.25) is 0 Å². The Labute approximate surface area is 90.3 Å². The Bertz CT molecular complexity index is 405. The minimum absolute atomic E-state index is 0.0829. The molecule has 1 aromatic rings. The van der Waals surface area contributed by atoms with Crippen LogP contribution in [0.1, 0.15) is 41.8 Å².